The molecule has 26 heavy (non-hydrogen) atoms. The summed E-state index contributed by atoms with van der Waals surface area (Å²) >= 11 is 0. The summed E-state index contributed by atoms with van der Waals surface area (Å²) in [7, 11) is 2.97. The highest BCUT2D eigenvalue weighted by Gasteiger charge is 2.34. The van der Waals surface area contributed by atoms with Crippen molar-refractivity contribution in [1.82, 2.24) is 9.97 Å². The van der Waals surface area contributed by atoms with Gasteiger partial charge in [-0.25, -0.2) is 4.98 Å². The van der Waals surface area contributed by atoms with Crippen molar-refractivity contribution in [3.63, 3.8) is 0 Å². The Kier molecular flexibility index (Phi) is 6.12. The smallest absolute Gasteiger partial charge is 0.433 e. The predicted octanol–water partition coefficient (Wildman–Crippen LogP) is 4.47. The van der Waals surface area contributed by atoms with Crippen molar-refractivity contribution in [3.05, 3.63) is 30.0 Å². The summed E-state index contributed by atoms with van der Waals surface area (Å²) in [5.41, 5.74) is -0.523. The van der Waals surface area contributed by atoms with Crippen LogP contribution in [0.15, 0.2) is 24.3 Å². The summed E-state index contributed by atoms with van der Waals surface area (Å²) in [4.78, 5) is 7.69. The van der Waals surface area contributed by atoms with Gasteiger partial charge in [-0.2, -0.15) is 18.2 Å². The van der Waals surface area contributed by atoms with Gasteiger partial charge in [0, 0.05) is 23.9 Å². The molecule has 1 heterocycles. The van der Waals surface area contributed by atoms with Crippen molar-refractivity contribution in [3.8, 4) is 11.5 Å². The second kappa shape index (κ2) is 8.11. The molecule has 1 aromatic heterocycles. The van der Waals surface area contributed by atoms with Gasteiger partial charge in [0.1, 0.15) is 5.82 Å². The zero-order valence-electron chi connectivity index (χ0n) is 14.9. The molecule has 0 aliphatic heterocycles. The zero-order valence-corrected chi connectivity index (χ0v) is 14.9. The van der Waals surface area contributed by atoms with E-state index in [0.29, 0.717) is 17.2 Å². The fourth-order valence-corrected chi connectivity index (χ4v) is 2.11. The summed E-state index contributed by atoms with van der Waals surface area (Å²) in [6.07, 6.45) is -3.86. The third-order valence-electron chi connectivity index (χ3n) is 3.66. The lowest BCUT2D eigenvalue weighted by atomic mass is 10.2. The Labute approximate surface area is 149 Å². The molecular weight excluding hydrogens is 349 g/mol. The van der Waals surface area contributed by atoms with E-state index in [0.717, 1.165) is 12.5 Å². The zero-order chi connectivity index (χ0) is 19.3. The Morgan fingerprint density at radius 3 is 2.35 bits per heavy atom. The number of anilines is 3. The second-order valence-corrected chi connectivity index (χ2v) is 5.61. The molecule has 0 aliphatic rings. The number of nitrogens with zero attached hydrogens (tertiary/aromatic N) is 2. The first-order valence-electron chi connectivity index (χ1n) is 7.98. The van der Waals surface area contributed by atoms with Crippen LogP contribution >= 0.6 is 0 Å². The maximum absolute atomic E-state index is 13.1. The van der Waals surface area contributed by atoms with Crippen LogP contribution < -0.4 is 20.1 Å². The van der Waals surface area contributed by atoms with Crippen LogP contribution in [0.25, 0.3) is 0 Å². The van der Waals surface area contributed by atoms with E-state index >= 15 is 0 Å². The molecule has 2 N–H and O–H groups in total. The number of halogens is 3. The van der Waals surface area contributed by atoms with Crippen LogP contribution in [0.5, 0.6) is 11.5 Å². The van der Waals surface area contributed by atoms with Crippen LogP contribution in [0.3, 0.4) is 0 Å². The fraction of sp³-hybridized carbons (Fsp3) is 0.412. The minimum absolute atomic E-state index is 0.0188. The Hall–Kier alpha value is -2.71. The van der Waals surface area contributed by atoms with E-state index in [1.165, 1.54) is 14.2 Å². The van der Waals surface area contributed by atoms with E-state index < -0.39 is 11.9 Å². The van der Waals surface area contributed by atoms with Crippen LogP contribution in [0.2, 0.25) is 0 Å². The Bertz CT molecular complexity index is 753. The molecule has 1 atom stereocenters. The summed E-state index contributed by atoms with van der Waals surface area (Å²) in [5.74, 6) is 0.888. The SMILES string of the molecule is CC[C@@H](C)Nc1nc(Nc2ccc(OC)c(OC)c2)cc(C(F)(F)F)n1. The molecule has 0 bridgehead atoms. The van der Waals surface area contributed by atoms with E-state index in [4.69, 9.17) is 9.47 Å². The van der Waals surface area contributed by atoms with Gasteiger partial charge in [-0.1, -0.05) is 6.92 Å². The van der Waals surface area contributed by atoms with E-state index in [1.807, 2.05) is 13.8 Å². The van der Waals surface area contributed by atoms with Crippen molar-refractivity contribution >= 4 is 17.5 Å². The molecule has 0 unspecified atom stereocenters. The number of nitrogens with one attached hydrogen (secondary N) is 2. The van der Waals surface area contributed by atoms with Crippen molar-refractivity contribution in [2.75, 3.05) is 24.9 Å². The largest absolute Gasteiger partial charge is 0.493 e. The quantitative estimate of drug-likeness (QED) is 0.750. The molecule has 0 aliphatic carbocycles. The maximum Gasteiger partial charge on any atom is 0.433 e. The van der Waals surface area contributed by atoms with Gasteiger partial charge in [0.25, 0.3) is 0 Å². The minimum Gasteiger partial charge on any atom is -0.493 e. The molecule has 0 fully saturated rings. The lowest BCUT2D eigenvalue weighted by molar-refractivity contribution is -0.141. The summed E-state index contributed by atoms with van der Waals surface area (Å²) in [5, 5.41) is 5.71. The fourth-order valence-electron chi connectivity index (χ4n) is 2.11. The number of aromatic nitrogens is 2. The highest BCUT2D eigenvalue weighted by atomic mass is 19.4. The summed E-state index contributed by atoms with van der Waals surface area (Å²) in [6, 6.07) is 5.70. The van der Waals surface area contributed by atoms with Gasteiger partial charge >= 0.3 is 6.18 Å². The van der Waals surface area contributed by atoms with Gasteiger partial charge in [0.2, 0.25) is 5.95 Å². The highest BCUT2D eigenvalue weighted by molar-refractivity contribution is 5.62. The number of hydrogen-bond donors (Lipinski definition) is 2. The molecule has 0 saturated carbocycles. The van der Waals surface area contributed by atoms with Gasteiger partial charge in [0.05, 0.1) is 14.2 Å². The maximum atomic E-state index is 13.1. The van der Waals surface area contributed by atoms with Gasteiger partial charge in [-0.05, 0) is 25.5 Å². The standard InChI is InChI=1S/C17H21F3N4O2/c1-5-10(2)21-16-23-14(17(18,19)20)9-15(24-16)22-11-6-7-12(25-3)13(8-11)26-4/h6-10H,5H2,1-4H3,(H2,21,22,23,24)/t10-/m1/s1. The van der Waals surface area contributed by atoms with Gasteiger partial charge in [-0.15, -0.1) is 0 Å². The minimum atomic E-state index is -4.58. The third-order valence-corrected chi connectivity index (χ3v) is 3.66. The van der Waals surface area contributed by atoms with Crippen molar-refractivity contribution < 1.29 is 22.6 Å². The van der Waals surface area contributed by atoms with Gasteiger partial charge in [0.15, 0.2) is 17.2 Å². The first-order valence-corrected chi connectivity index (χ1v) is 7.98. The Morgan fingerprint density at radius 1 is 1.08 bits per heavy atom. The number of alkyl halides is 3. The van der Waals surface area contributed by atoms with Crippen molar-refractivity contribution in [1.29, 1.82) is 0 Å². The molecule has 0 amide bonds. The van der Waals surface area contributed by atoms with Gasteiger partial charge in [-0.3, -0.25) is 0 Å². The number of rotatable bonds is 7. The molecule has 9 heteroatoms. The predicted molar refractivity (Wildman–Crippen MR) is 93.2 cm³/mol. The summed E-state index contributed by atoms with van der Waals surface area (Å²) in [6.45, 7) is 3.75. The first-order chi connectivity index (χ1) is 12.3. The molecule has 2 aromatic rings. The molecule has 1 aromatic carbocycles. The van der Waals surface area contributed by atoms with Crippen molar-refractivity contribution in [2.24, 2.45) is 0 Å². The number of benzene rings is 1. The molecule has 6 nitrogen and oxygen atoms in total. The van der Waals surface area contributed by atoms with Crippen LogP contribution in [-0.4, -0.2) is 30.2 Å². The average Bonchev–Trinajstić information content (AvgIpc) is 2.60. The Morgan fingerprint density at radius 2 is 1.77 bits per heavy atom. The second-order valence-electron chi connectivity index (χ2n) is 5.61. The average molecular weight is 370 g/mol. The molecule has 2 rings (SSSR count). The topological polar surface area (TPSA) is 68.3 Å². The van der Waals surface area contributed by atoms with Crippen molar-refractivity contribution in [2.45, 2.75) is 32.5 Å². The van der Waals surface area contributed by atoms with Crippen LogP contribution in [0.1, 0.15) is 26.0 Å². The lowest BCUT2D eigenvalue weighted by Gasteiger charge is -2.16. The normalized spacial score (nSPS) is 12.4. The molecule has 142 valence electrons. The highest BCUT2D eigenvalue weighted by Crippen LogP contribution is 2.33. The first kappa shape index (κ1) is 19.6. The van der Waals surface area contributed by atoms with Crippen LogP contribution in [0, 0.1) is 0 Å². The van der Waals surface area contributed by atoms with E-state index in [2.05, 4.69) is 20.6 Å². The van der Waals surface area contributed by atoms with Gasteiger partial charge < -0.3 is 20.1 Å². The van der Waals surface area contributed by atoms with E-state index in [-0.39, 0.29) is 17.8 Å². The van der Waals surface area contributed by atoms with Crippen LogP contribution in [-0.2, 0) is 6.18 Å². The number of methoxy groups -OCH3 is 2. The Balaban J connectivity index is 2.37. The lowest BCUT2D eigenvalue weighted by Crippen LogP contribution is -2.18. The molecule has 0 radical (unpaired) electrons. The molecule has 0 saturated heterocycles. The number of ether oxygens (including phenoxy) is 2. The molecule has 0 spiro atoms. The monoisotopic (exact) mass is 370 g/mol. The third kappa shape index (κ3) is 4.90. The number of hydrogen-bond acceptors (Lipinski definition) is 6. The van der Waals surface area contributed by atoms with E-state index in [1.54, 1.807) is 18.2 Å². The summed E-state index contributed by atoms with van der Waals surface area (Å²) < 4.78 is 49.8. The van der Waals surface area contributed by atoms with Crippen LogP contribution in [0.4, 0.5) is 30.6 Å². The van der Waals surface area contributed by atoms with E-state index in [9.17, 15) is 13.2 Å². The molecular formula is C17H21F3N4O2.